The largest absolute Gasteiger partial charge is 0.427 e. The first-order valence-corrected chi connectivity index (χ1v) is 9.00. The van der Waals surface area contributed by atoms with Gasteiger partial charge < -0.3 is 24.8 Å². The third-order valence-corrected chi connectivity index (χ3v) is 3.76. The number of para-hydroxylation sites is 1. The zero-order chi connectivity index (χ0) is 21.1. The van der Waals surface area contributed by atoms with Crippen LogP contribution in [0.1, 0.15) is 22.8 Å². The first kappa shape index (κ1) is 22.1. The van der Waals surface area contributed by atoms with Gasteiger partial charge in [-0.15, -0.1) is 0 Å². The SMILES string of the molecule is COCCOCC(=O)NCc1ccccc1NC(=O)c1cccc(OC(C)=O)c1. The van der Waals surface area contributed by atoms with E-state index in [1.807, 2.05) is 6.07 Å². The van der Waals surface area contributed by atoms with Gasteiger partial charge in [-0.05, 0) is 29.8 Å². The van der Waals surface area contributed by atoms with Crippen LogP contribution in [0, 0.1) is 0 Å². The smallest absolute Gasteiger partial charge is 0.308 e. The molecule has 154 valence electrons. The van der Waals surface area contributed by atoms with Crippen molar-refractivity contribution in [2.24, 2.45) is 0 Å². The topological polar surface area (TPSA) is 103 Å². The molecule has 2 amide bonds. The van der Waals surface area contributed by atoms with Crippen LogP contribution in [0.2, 0.25) is 0 Å². The molecule has 0 bridgehead atoms. The van der Waals surface area contributed by atoms with Gasteiger partial charge in [-0.25, -0.2) is 0 Å². The van der Waals surface area contributed by atoms with E-state index in [2.05, 4.69) is 10.6 Å². The Morgan fingerprint density at radius 3 is 2.55 bits per heavy atom. The number of benzene rings is 2. The molecule has 8 heteroatoms. The van der Waals surface area contributed by atoms with E-state index in [9.17, 15) is 14.4 Å². The highest BCUT2D eigenvalue weighted by atomic mass is 16.5. The highest BCUT2D eigenvalue weighted by Gasteiger charge is 2.11. The van der Waals surface area contributed by atoms with Crippen molar-refractivity contribution >= 4 is 23.5 Å². The van der Waals surface area contributed by atoms with Gasteiger partial charge in [0.25, 0.3) is 5.91 Å². The van der Waals surface area contributed by atoms with Crippen LogP contribution < -0.4 is 15.4 Å². The summed E-state index contributed by atoms with van der Waals surface area (Å²) in [5.41, 5.74) is 1.65. The predicted molar refractivity (Wildman–Crippen MR) is 107 cm³/mol. The van der Waals surface area contributed by atoms with Crippen molar-refractivity contribution in [2.45, 2.75) is 13.5 Å². The summed E-state index contributed by atoms with van der Waals surface area (Å²) >= 11 is 0. The van der Waals surface area contributed by atoms with E-state index >= 15 is 0 Å². The van der Waals surface area contributed by atoms with Crippen molar-refractivity contribution in [3.8, 4) is 5.75 Å². The molecule has 0 spiro atoms. The molecule has 0 fully saturated rings. The normalized spacial score (nSPS) is 10.3. The minimum absolute atomic E-state index is 0.0686. The molecule has 2 aromatic rings. The van der Waals surface area contributed by atoms with Gasteiger partial charge in [-0.1, -0.05) is 24.3 Å². The Bertz CT molecular complexity index is 853. The second-order valence-electron chi connectivity index (χ2n) is 6.05. The number of esters is 1. The quantitative estimate of drug-likeness (QED) is 0.360. The van der Waals surface area contributed by atoms with Gasteiger partial charge in [0, 0.05) is 31.8 Å². The molecule has 0 aliphatic rings. The van der Waals surface area contributed by atoms with E-state index in [4.69, 9.17) is 14.2 Å². The molecule has 2 rings (SSSR count). The van der Waals surface area contributed by atoms with Gasteiger partial charge in [0.05, 0.1) is 13.2 Å². The standard InChI is InChI=1S/C21H24N2O6/c1-15(24)29-18-8-5-7-16(12-18)21(26)23-19-9-4-3-6-17(19)13-22-20(25)14-28-11-10-27-2/h3-9,12H,10-11,13-14H2,1-2H3,(H,22,25)(H,23,26). The zero-order valence-corrected chi connectivity index (χ0v) is 16.4. The van der Waals surface area contributed by atoms with E-state index in [1.165, 1.54) is 13.0 Å². The predicted octanol–water partition coefficient (Wildman–Crippen LogP) is 2.14. The Morgan fingerprint density at radius 1 is 1.00 bits per heavy atom. The molecule has 0 heterocycles. The molecular weight excluding hydrogens is 376 g/mol. The Kier molecular flexibility index (Phi) is 8.81. The third-order valence-electron chi connectivity index (χ3n) is 3.76. The van der Waals surface area contributed by atoms with Crippen LogP contribution in [0.4, 0.5) is 5.69 Å². The van der Waals surface area contributed by atoms with E-state index in [1.54, 1.807) is 43.5 Å². The van der Waals surface area contributed by atoms with Crippen molar-refractivity contribution in [1.82, 2.24) is 5.32 Å². The summed E-state index contributed by atoms with van der Waals surface area (Å²) in [6.07, 6.45) is 0. The molecule has 2 N–H and O–H groups in total. The average molecular weight is 400 g/mol. The van der Waals surface area contributed by atoms with Gasteiger partial charge in [0.2, 0.25) is 5.91 Å². The van der Waals surface area contributed by atoms with Crippen LogP contribution in [0.15, 0.2) is 48.5 Å². The molecule has 8 nitrogen and oxygen atoms in total. The summed E-state index contributed by atoms with van der Waals surface area (Å²) < 4.78 is 15.0. The van der Waals surface area contributed by atoms with Gasteiger partial charge >= 0.3 is 5.97 Å². The Hall–Kier alpha value is -3.23. The molecule has 0 aromatic heterocycles. The second-order valence-corrected chi connectivity index (χ2v) is 6.05. The fourth-order valence-corrected chi connectivity index (χ4v) is 2.41. The van der Waals surface area contributed by atoms with Gasteiger partial charge in [-0.2, -0.15) is 0 Å². The van der Waals surface area contributed by atoms with Crippen LogP contribution >= 0.6 is 0 Å². The van der Waals surface area contributed by atoms with Crippen LogP contribution in [-0.4, -0.2) is 44.7 Å². The number of anilines is 1. The van der Waals surface area contributed by atoms with Crippen LogP contribution in [0.3, 0.4) is 0 Å². The molecule has 0 aliphatic carbocycles. The van der Waals surface area contributed by atoms with Gasteiger partial charge in [0.1, 0.15) is 12.4 Å². The number of hydrogen-bond donors (Lipinski definition) is 2. The molecular formula is C21H24N2O6. The van der Waals surface area contributed by atoms with E-state index in [0.717, 1.165) is 5.56 Å². The maximum absolute atomic E-state index is 12.6. The Labute approximate surface area is 169 Å². The number of hydrogen-bond acceptors (Lipinski definition) is 6. The van der Waals surface area contributed by atoms with Crippen LogP contribution in [0.5, 0.6) is 5.75 Å². The van der Waals surface area contributed by atoms with Crippen LogP contribution in [-0.2, 0) is 25.6 Å². The number of methoxy groups -OCH3 is 1. The molecule has 0 aliphatic heterocycles. The fraction of sp³-hybridized carbons (Fsp3) is 0.286. The number of rotatable bonds is 10. The first-order valence-electron chi connectivity index (χ1n) is 9.00. The van der Waals surface area contributed by atoms with Crippen molar-refractivity contribution < 1.29 is 28.6 Å². The number of carbonyl (C=O) groups is 3. The lowest BCUT2D eigenvalue weighted by Gasteiger charge is -2.12. The Morgan fingerprint density at radius 2 is 1.79 bits per heavy atom. The summed E-state index contributed by atoms with van der Waals surface area (Å²) in [4.78, 5) is 35.5. The van der Waals surface area contributed by atoms with E-state index < -0.39 is 5.97 Å². The molecule has 0 unspecified atom stereocenters. The van der Waals surface area contributed by atoms with Crippen LogP contribution in [0.25, 0.3) is 0 Å². The summed E-state index contributed by atoms with van der Waals surface area (Å²) in [6.45, 7) is 2.21. The lowest BCUT2D eigenvalue weighted by Crippen LogP contribution is -2.28. The first-order chi connectivity index (χ1) is 14.0. The third kappa shape index (κ3) is 7.73. The zero-order valence-electron chi connectivity index (χ0n) is 16.4. The molecule has 29 heavy (non-hydrogen) atoms. The van der Waals surface area contributed by atoms with E-state index in [-0.39, 0.29) is 25.0 Å². The van der Waals surface area contributed by atoms with Crippen molar-refractivity contribution in [3.63, 3.8) is 0 Å². The highest BCUT2D eigenvalue weighted by Crippen LogP contribution is 2.18. The minimum atomic E-state index is -0.463. The van der Waals surface area contributed by atoms with Gasteiger partial charge in [0.15, 0.2) is 0 Å². The summed E-state index contributed by atoms with van der Waals surface area (Å²) in [7, 11) is 1.56. The molecule has 2 aromatic carbocycles. The monoisotopic (exact) mass is 400 g/mol. The molecule has 0 saturated carbocycles. The lowest BCUT2D eigenvalue weighted by atomic mass is 10.1. The summed E-state index contributed by atoms with van der Waals surface area (Å²) in [5.74, 6) is -0.800. The maximum atomic E-state index is 12.6. The minimum Gasteiger partial charge on any atom is -0.427 e. The number of nitrogens with one attached hydrogen (secondary N) is 2. The molecule has 0 atom stereocenters. The number of amides is 2. The summed E-state index contributed by atoms with van der Waals surface area (Å²) in [6, 6.07) is 13.5. The van der Waals surface area contributed by atoms with Crippen molar-refractivity contribution in [1.29, 1.82) is 0 Å². The number of ether oxygens (including phenoxy) is 3. The summed E-state index contributed by atoms with van der Waals surface area (Å²) in [5, 5.41) is 5.56. The van der Waals surface area contributed by atoms with Gasteiger partial charge in [-0.3, -0.25) is 14.4 Å². The highest BCUT2D eigenvalue weighted by molar-refractivity contribution is 6.05. The molecule has 0 radical (unpaired) electrons. The second kappa shape index (κ2) is 11.6. The Balaban J connectivity index is 1.97. The van der Waals surface area contributed by atoms with Crippen molar-refractivity contribution in [3.05, 3.63) is 59.7 Å². The molecule has 0 saturated heterocycles. The fourth-order valence-electron chi connectivity index (χ4n) is 2.41. The lowest BCUT2D eigenvalue weighted by molar-refractivity contribution is -0.132. The van der Waals surface area contributed by atoms with E-state index in [0.29, 0.717) is 30.2 Å². The van der Waals surface area contributed by atoms with Crippen molar-refractivity contribution in [2.75, 3.05) is 32.2 Å². The number of carbonyl (C=O) groups excluding carboxylic acids is 3. The average Bonchev–Trinajstić information content (AvgIpc) is 2.70. The maximum Gasteiger partial charge on any atom is 0.308 e.